The van der Waals surface area contributed by atoms with Crippen molar-refractivity contribution in [2.75, 3.05) is 11.5 Å². The maximum atomic E-state index is 5.53. The van der Waals surface area contributed by atoms with E-state index in [9.17, 15) is 0 Å². The first-order valence-corrected chi connectivity index (χ1v) is 5.09. The summed E-state index contributed by atoms with van der Waals surface area (Å²) in [6, 6.07) is 8.62. The Hall–Kier alpha value is -1.52. The molecule has 0 radical (unpaired) electrons. The van der Waals surface area contributed by atoms with Gasteiger partial charge >= 0.3 is 0 Å². The molecule has 0 aliphatic carbocycles. The second-order valence-corrected chi connectivity index (χ2v) is 3.55. The summed E-state index contributed by atoms with van der Waals surface area (Å²) in [7, 11) is 0. The van der Waals surface area contributed by atoms with Gasteiger partial charge in [0.2, 0.25) is 0 Å². The Balaban J connectivity index is 0.000000165. The molecule has 16 heavy (non-hydrogen) atoms. The summed E-state index contributed by atoms with van der Waals surface area (Å²) >= 11 is 11.0. The van der Waals surface area contributed by atoms with E-state index >= 15 is 0 Å². The van der Waals surface area contributed by atoms with E-state index in [1.807, 2.05) is 12.1 Å². The fraction of sp³-hybridized carbons (Fsp3) is 0. The minimum absolute atomic E-state index is 0.268. The van der Waals surface area contributed by atoms with Gasteiger partial charge in [0.05, 0.1) is 5.02 Å². The van der Waals surface area contributed by atoms with Crippen LogP contribution < -0.4 is 11.5 Å². The third-order valence-corrected chi connectivity index (χ3v) is 2.06. The zero-order chi connectivity index (χ0) is 12.0. The van der Waals surface area contributed by atoms with Crippen LogP contribution in [0.25, 0.3) is 0 Å². The van der Waals surface area contributed by atoms with Crippen molar-refractivity contribution in [3.05, 3.63) is 46.7 Å². The average Bonchev–Trinajstić information content (AvgIpc) is 2.26. The lowest BCUT2D eigenvalue weighted by Gasteiger charge is -1.93. The van der Waals surface area contributed by atoms with Gasteiger partial charge < -0.3 is 11.5 Å². The van der Waals surface area contributed by atoms with Crippen LogP contribution in [-0.2, 0) is 0 Å². The lowest BCUT2D eigenvalue weighted by molar-refractivity contribution is 1.34. The van der Waals surface area contributed by atoms with Crippen LogP contribution in [0.4, 0.5) is 11.6 Å². The van der Waals surface area contributed by atoms with E-state index in [-0.39, 0.29) is 5.82 Å². The summed E-state index contributed by atoms with van der Waals surface area (Å²) in [5.74, 6) is 0.840. The third kappa shape index (κ3) is 4.33. The van der Waals surface area contributed by atoms with Crippen molar-refractivity contribution < 1.29 is 0 Å². The van der Waals surface area contributed by atoms with E-state index in [4.69, 9.17) is 34.7 Å². The van der Waals surface area contributed by atoms with Gasteiger partial charge in [0.1, 0.15) is 16.8 Å². The van der Waals surface area contributed by atoms with Crippen LogP contribution in [0, 0.1) is 0 Å². The van der Waals surface area contributed by atoms with Gasteiger partial charge in [-0.2, -0.15) is 0 Å². The molecule has 2 rings (SSSR count). The molecule has 0 atom stereocenters. The SMILES string of the molecule is Nc1ccccn1.Nc1nc(Cl)ccc1Cl. The largest absolute Gasteiger partial charge is 0.384 e. The summed E-state index contributed by atoms with van der Waals surface area (Å²) < 4.78 is 0. The van der Waals surface area contributed by atoms with Gasteiger partial charge in [-0.3, -0.25) is 0 Å². The topological polar surface area (TPSA) is 77.8 Å². The number of anilines is 2. The van der Waals surface area contributed by atoms with E-state index in [0.29, 0.717) is 16.0 Å². The van der Waals surface area contributed by atoms with Gasteiger partial charge in [0.15, 0.2) is 0 Å². The first-order chi connectivity index (χ1) is 7.59. The zero-order valence-electron chi connectivity index (χ0n) is 8.27. The maximum Gasteiger partial charge on any atom is 0.143 e. The molecule has 6 heteroatoms. The number of pyridine rings is 2. The Morgan fingerprint density at radius 1 is 1.00 bits per heavy atom. The van der Waals surface area contributed by atoms with Crippen LogP contribution in [0.15, 0.2) is 36.5 Å². The summed E-state index contributed by atoms with van der Waals surface area (Å²) in [6.45, 7) is 0. The van der Waals surface area contributed by atoms with Crippen molar-refractivity contribution in [2.45, 2.75) is 0 Å². The molecule has 0 saturated carbocycles. The van der Waals surface area contributed by atoms with Gasteiger partial charge in [-0.1, -0.05) is 29.3 Å². The number of nitrogens with two attached hydrogens (primary N) is 2. The Morgan fingerprint density at radius 2 is 1.75 bits per heavy atom. The Bertz CT molecular complexity index is 448. The molecule has 0 spiro atoms. The molecule has 4 N–H and O–H groups in total. The second-order valence-electron chi connectivity index (χ2n) is 2.76. The molecule has 0 bridgehead atoms. The van der Waals surface area contributed by atoms with Crippen LogP contribution in [-0.4, -0.2) is 9.97 Å². The summed E-state index contributed by atoms with van der Waals surface area (Å²) in [6.07, 6.45) is 1.66. The van der Waals surface area contributed by atoms with Crippen molar-refractivity contribution in [2.24, 2.45) is 0 Å². The van der Waals surface area contributed by atoms with Crippen molar-refractivity contribution >= 4 is 34.8 Å². The molecule has 0 unspecified atom stereocenters. The monoisotopic (exact) mass is 256 g/mol. The molecule has 0 amide bonds. The number of nitrogen functional groups attached to an aromatic ring is 2. The summed E-state index contributed by atoms with van der Waals surface area (Å²) in [5.41, 5.74) is 10.5. The first-order valence-electron chi connectivity index (χ1n) is 4.33. The van der Waals surface area contributed by atoms with E-state index in [2.05, 4.69) is 9.97 Å². The molecule has 0 aliphatic rings. The molecule has 0 aromatic carbocycles. The lowest BCUT2D eigenvalue weighted by atomic mass is 10.5. The van der Waals surface area contributed by atoms with Gasteiger partial charge in [0, 0.05) is 6.20 Å². The molecule has 84 valence electrons. The minimum atomic E-state index is 0.268. The van der Waals surface area contributed by atoms with Crippen molar-refractivity contribution in [3.8, 4) is 0 Å². The number of hydrogen-bond acceptors (Lipinski definition) is 4. The Labute approximate surface area is 103 Å². The van der Waals surface area contributed by atoms with Crippen molar-refractivity contribution in [1.82, 2.24) is 9.97 Å². The fourth-order valence-corrected chi connectivity index (χ4v) is 1.07. The normalized spacial score (nSPS) is 9.12. The minimum Gasteiger partial charge on any atom is -0.384 e. The molecular weight excluding hydrogens is 247 g/mol. The molecule has 4 nitrogen and oxygen atoms in total. The summed E-state index contributed by atoms with van der Waals surface area (Å²) in [4.78, 5) is 7.44. The summed E-state index contributed by atoms with van der Waals surface area (Å²) in [5, 5.41) is 0.788. The number of hydrogen-bond donors (Lipinski definition) is 2. The number of rotatable bonds is 0. The zero-order valence-corrected chi connectivity index (χ0v) is 9.78. The molecule has 0 aliphatic heterocycles. The van der Waals surface area contributed by atoms with E-state index in [1.165, 1.54) is 0 Å². The molecular formula is C10H10Cl2N4. The maximum absolute atomic E-state index is 5.53. The van der Waals surface area contributed by atoms with Gasteiger partial charge in [-0.05, 0) is 24.3 Å². The molecule has 0 saturated heterocycles. The standard InChI is InChI=1S/C5H4Cl2N2.C5H6N2/c6-3-1-2-4(7)9-5(3)8;6-5-3-1-2-4-7-5/h1-2H,(H2,8,9);1-4H,(H2,6,7). The molecule has 2 aromatic heterocycles. The number of aromatic nitrogens is 2. The highest BCUT2D eigenvalue weighted by Gasteiger charge is 1.95. The number of nitrogens with zero attached hydrogens (tertiary/aromatic N) is 2. The second kappa shape index (κ2) is 6.15. The van der Waals surface area contributed by atoms with Gasteiger partial charge in [-0.15, -0.1) is 0 Å². The predicted molar refractivity (Wildman–Crippen MR) is 67.3 cm³/mol. The highest BCUT2D eigenvalue weighted by Crippen LogP contribution is 2.17. The van der Waals surface area contributed by atoms with Crippen LogP contribution in [0.2, 0.25) is 10.2 Å². The van der Waals surface area contributed by atoms with Crippen LogP contribution >= 0.6 is 23.2 Å². The number of halogens is 2. The van der Waals surface area contributed by atoms with Crippen LogP contribution in [0.3, 0.4) is 0 Å². The van der Waals surface area contributed by atoms with Crippen molar-refractivity contribution in [1.29, 1.82) is 0 Å². The van der Waals surface area contributed by atoms with Crippen LogP contribution in [0.5, 0.6) is 0 Å². The lowest BCUT2D eigenvalue weighted by Crippen LogP contribution is -1.89. The predicted octanol–water partition coefficient (Wildman–Crippen LogP) is 2.63. The van der Waals surface area contributed by atoms with Gasteiger partial charge in [-0.25, -0.2) is 9.97 Å². The fourth-order valence-electron chi connectivity index (χ4n) is 0.809. The van der Waals surface area contributed by atoms with E-state index in [0.717, 1.165) is 0 Å². The van der Waals surface area contributed by atoms with Crippen LogP contribution in [0.1, 0.15) is 0 Å². The highest BCUT2D eigenvalue weighted by atomic mass is 35.5. The quantitative estimate of drug-likeness (QED) is 0.711. The Kier molecular flexibility index (Phi) is 4.82. The van der Waals surface area contributed by atoms with E-state index in [1.54, 1.807) is 24.4 Å². The average molecular weight is 257 g/mol. The van der Waals surface area contributed by atoms with Crippen molar-refractivity contribution in [3.63, 3.8) is 0 Å². The van der Waals surface area contributed by atoms with Gasteiger partial charge in [0.25, 0.3) is 0 Å². The molecule has 2 heterocycles. The Morgan fingerprint density at radius 3 is 2.12 bits per heavy atom. The smallest absolute Gasteiger partial charge is 0.143 e. The van der Waals surface area contributed by atoms with E-state index < -0.39 is 0 Å². The highest BCUT2D eigenvalue weighted by molar-refractivity contribution is 6.34. The first kappa shape index (κ1) is 12.5. The molecule has 2 aromatic rings. The molecule has 0 fully saturated rings. The third-order valence-electron chi connectivity index (χ3n) is 1.53.